The van der Waals surface area contributed by atoms with Crippen LogP contribution in [0.5, 0.6) is 0 Å². The molecule has 2 atom stereocenters. The van der Waals surface area contributed by atoms with Gasteiger partial charge < -0.3 is 10.2 Å². The van der Waals surface area contributed by atoms with Crippen molar-refractivity contribution in [2.24, 2.45) is 22.1 Å². The summed E-state index contributed by atoms with van der Waals surface area (Å²) in [5.74, 6) is -2.26. The van der Waals surface area contributed by atoms with Gasteiger partial charge in [-0.05, 0) is 72.9 Å². The number of hydrogen-bond acceptors (Lipinski definition) is 4. The lowest BCUT2D eigenvalue weighted by molar-refractivity contribution is -0.139. The molecule has 0 bridgehead atoms. The number of carbonyl (C=O) groups is 2. The van der Waals surface area contributed by atoms with Crippen molar-refractivity contribution in [3.05, 3.63) is 58.7 Å². The molecule has 0 aliphatic heterocycles. The molecule has 2 N–H and O–H groups in total. The molecule has 0 aliphatic rings. The maximum Gasteiger partial charge on any atom is 0.310 e. The van der Waals surface area contributed by atoms with Crippen molar-refractivity contribution >= 4 is 23.3 Å². The minimum absolute atomic E-state index is 0.406. The molecule has 0 saturated carbocycles. The lowest BCUT2D eigenvalue weighted by Crippen LogP contribution is -2.07. The second-order valence-electron chi connectivity index (χ2n) is 9.29. The van der Waals surface area contributed by atoms with Gasteiger partial charge in [0.1, 0.15) is 0 Å². The summed E-state index contributed by atoms with van der Waals surface area (Å²) < 4.78 is 0. The van der Waals surface area contributed by atoms with Gasteiger partial charge in [-0.15, -0.1) is 0 Å². The molecule has 0 amide bonds. The van der Waals surface area contributed by atoms with Crippen molar-refractivity contribution in [3.8, 4) is 0 Å². The zero-order valence-corrected chi connectivity index (χ0v) is 19.8. The molecular formula is C26H34N2O4. The van der Waals surface area contributed by atoms with Gasteiger partial charge in [0, 0.05) is 0 Å². The Labute approximate surface area is 190 Å². The Hall–Kier alpha value is -3.02. The first-order valence-corrected chi connectivity index (χ1v) is 11.1. The molecule has 2 rings (SSSR count). The Kier molecular flexibility index (Phi) is 8.70. The van der Waals surface area contributed by atoms with Gasteiger partial charge in [-0.2, -0.15) is 10.2 Å². The molecule has 2 aromatic carbocycles. The topological polar surface area (TPSA) is 99.3 Å². The Morgan fingerprint density at radius 2 is 1.03 bits per heavy atom. The molecule has 0 fully saturated rings. The lowest BCUT2D eigenvalue weighted by Gasteiger charge is -2.14. The molecule has 2 aromatic rings. The first-order valence-electron chi connectivity index (χ1n) is 11.1. The van der Waals surface area contributed by atoms with Crippen LogP contribution in [0.1, 0.15) is 75.6 Å². The summed E-state index contributed by atoms with van der Waals surface area (Å²) in [7, 11) is 0. The summed E-state index contributed by atoms with van der Waals surface area (Å²) in [5, 5.41) is 27.8. The monoisotopic (exact) mass is 438 g/mol. The second kappa shape index (κ2) is 11.0. The molecule has 6 heteroatoms. The van der Waals surface area contributed by atoms with Crippen LogP contribution in [-0.2, 0) is 22.4 Å². The van der Waals surface area contributed by atoms with Gasteiger partial charge in [0.2, 0.25) is 0 Å². The molecule has 0 radical (unpaired) electrons. The third kappa shape index (κ3) is 6.74. The second-order valence-corrected chi connectivity index (χ2v) is 9.29. The highest BCUT2D eigenvalue weighted by Crippen LogP contribution is 2.32. The molecule has 0 aromatic heterocycles. The van der Waals surface area contributed by atoms with E-state index in [4.69, 9.17) is 0 Å². The number of hydrogen-bond donors (Lipinski definition) is 2. The fraction of sp³-hybridized carbons (Fsp3) is 0.462. The maximum atomic E-state index is 11.5. The molecule has 0 aliphatic carbocycles. The van der Waals surface area contributed by atoms with Crippen LogP contribution in [0.25, 0.3) is 0 Å². The van der Waals surface area contributed by atoms with Crippen LogP contribution in [-0.4, -0.2) is 22.2 Å². The first kappa shape index (κ1) is 25.2. The predicted octanol–water partition coefficient (Wildman–Crippen LogP) is 6.88. The third-order valence-corrected chi connectivity index (χ3v) is 5.48. The van der Waals surface area contributed by atoms with Gasteiger partial charge in [-0.3, -0.25) is 9.59 Å². The number of benzene rings is 2. The first-order chi connectivity index (χ1) is 15.0. The highest BCUT2D eigenvalue weighted by molar-refractivity contribution is 5.76. The lowest BCUT2D eigenvalue weighted by atomic mass is 9.95. The Morgan fingerprint density at radius 1 is 0.688 bits per heavy atom. The van der Waals surface area contributed by atoms with E-state index >= 15 is 0 Å². The number of aliphatic carboxylic acids is 2. The Balaban J connectivity index is 2.55. The fourth-order valence-corrected chi connectivity index (χ4v) is 3.50. The van der Waals surface area contributed by atoms with Crippen LogP contribution in [0.2, 0.25) is 0 Å². The van der Waals surface area contributed by atoms with Crippen LogP contribution in [0.4, 0.5) is 11.4 Å². The predicted molar refractivity (Wildman–Crippen MR) is 126 cm³/mol. The minimum atomic E-state index is -0.890. The maximum absolute atomic E-state index is 11.5. The summed E-state index contributed by atoms with van der Waals surface area (Å²) in [5.41, 5.74) is 4.66. The van der Waals surface area contributed by atoms with Gasteiger partial charge in [-0.25, -0.2) is 0 Å². The molecule has 0 heterocycles. The smallest absolute Gasteiger partial charge is 0.310 e. The van der Waals surface area contributed by atoms with Gasteiger partial charge in [-0.1, -0.05) is 52.0 Å². The van der Waals surface area contributed by atoms with Crippen molar-refractivity contribution in [1.29, 1.82) is 0 Å². The van der Waals surface area contributed by atoms with Crippen molar-refractivity contribution in [1.82, 2.24) is 0 Å². The average Bonchev–Trinajstić information content (AvgIpc) is 2.71. The van der Waals surface area contributed by atoms with Crippen LogP contribution in [0.3, 0.4) is 0 Å². The summed E-state index contributed by atoms with van der Waals surface area (Å²) in [4.78, 5) is 22.9. The number of rotatable bonds is 10. The van der Waals surface area contributed by atoms with E-state index in [1.165, 1.54) is 0 Å². The van der Waals surface area contributed by atoms with E-state index in [0.717, 1.165) is 24.0 Å². The number of carboxylic acid groups (broad SMARTS) is 2. The molecular weight excluding hydrogens is 404 g/mol. The summed E-state index contributed by atoms with van der Waals surface area (Å²) in [6, 6.07) is 11.1. The molecule has 172 valence electrons. The number of azo groups is 1. The van der Waals surface area contributed by atoms with E-state index < -0.39 is 23.8 Å². The van der Waals surface area contributed by atoms with E-state index in [1.54, 1.807) is 26.0 Å². The van der Waals surface area contributed by atoms with Crippen LogP contribution >= 0.6 is 0 Å². The van der Waals surface area contributed by atoms with Gasteiger partial charge >= 0.3 is 11.9 Å². The fourth-order valence-electron chi connectivity index (χ4n) is 3.50. The normalized spacial score (nSPS) is 13.6. The van der Waals surface area contributed by atoms with E-state index in [2.05, 4.69) is 37.9 Å². The standard InChI is InChI=1S/C26H34N2O4/c1-15(2)11-21-9-7-19(17(5)25(29)30)13-23(21)27-28-24-14-20(18(6)26(31)32)8-10-22(24)12-16(3)4/h7-10,13-18H,11-12H2,1-6H3,(H,29,30)(H,31,32). The van der Waals surface area contributed by atoms with Crippen LogP contribution in [0.15, 0.2) is 46.6 Å². The van der Waals surface area contributed by atoms with Crippen molar-refractivity contribution in [2.75, 3.05) is 0 Å². The summed E-state index contributed by atoms with van der Waals surface area (Å²) >= 11 is 0. The highest BCUT2D eigenvalue weighted by Gasteiger charge is 2.18. The summed E-state index contributed by atoms with van der Waals surface area (Å²) in [6.45, 7) is 11.8. The molecule has 32 heavy (non-hydrogen) atoms. The number of nitrogens with zero attached hydrogens (tertiary/aromatic N) is 2. The van der Waals surface area contributed by atoms with Gasteiger partial charge in [0.05, 0.1) is 23.2 Å². The quantitative estimate of drug-likeness (QED) is 0.395. The van der Waals surface area contributed by atoms with E-state index in [1.807, 2.05) is 24.3 Å². The van der Waals surface area contributed by atoms with E-state index in [9.17, 15) is 19.8 Å². The van der Waals surface area contributed by atoms with Crippen LogP contribution < -0.4 is 0 Å². The van der Waals surface area contributed by atoms with Crippen molar-refractivity contribution < 1.29 is 19.8 Å². The average molecular weight is 439 g/mol. The molecule has 0 spiro atoms. The van der Waals surface area contributed by atoms with Gasteiger partial charge in [0.25, 0.3) is 0 Å². The van der Waals surface area contributed by atoms with E-state index in [-0.39, 0.29) is 0 Å². The zero-order chi connectivity index (χ0) is 24.0. The largest absolute Gasteiger partial charge is 0.481 e. The Bertz CT molecular complexity index is 916. The SMILES string of the molecule is CC(C)Cc1ccc(C(C)C(=O)O)cc1N=Nc1cc(C(C)C(=O)O)ccc1CC(C)C. The molecule has 2 unspecified atom stereocenters. The third-order valence-electron chi connectivity index (χ3n) is 5.48. The molecule has 6 nitrogen and oxygen atoms in total. The minimum Gasteiger partial charge on any atom is -0.481 e. The van der Waals surface area contributed by atoms with Gasteiger partial charge in [0.15, 0.2) is 0 Å². The van der Waals surface area contributed by atoms with Crippen LogP contribution in [0, 0.1) is 11.8 Å². The number of carboxylic acids is 2. The highest BCUT2D eigenvalue weighted by atomic mass is 16.4. The van der Waals surface area contributed by atoms with Crippen molar-refractivity contribution in [3.63, 3.8) is 0 Å². The summed E-state index contributed by atoms with van der Waals surface area (Å²) in [6.07, 6.45) is 1.59. The zero-order valence-electron chi connectivity index (χ0n) is 19.8. The van der Waals surface area contributed by atoms with Crippen molar-refractivity contribution in [2.45, 2.75) is 66.2 Å². The molecule has 0 saturated heterocycles. The Morgan fingerprint density at radius 3 is 1.31 bits per heavy atom. The van der Waals surface area contributed by atoms with E-state index in [0.29, 0.717) is 34.3 Å².